The molecule has 0 aliphatic heterocycles. The van der Waals surface area contributed by atoms with E-state index in [0.29, 0.717) is 34.0 Å². The molecule has 2 aromatic carbocycles. The van der Waals surface area contributed by atoms with E-state index < -0.39 is 0 Å². The molecular formula is C24H19N3O4. The summed E-state index contributed by atoms with van der Waals surface area (Å²) in [6.07, 6.45) is 0.785. The highest BCUT2D eigenvalue weighted by Crippen LogP contribution is 2.30. The molecule has 4 rings (SSSR count). The highest BCUT2D eigenvalue weighted by molar-refractivity contribution is 6.09. The fourth-order valence-corrected chi connectivity index (χ4v) is 3.20. The van der Waals surface area contributed by atoms with Crippen molar-refractivity contribution in [3.63, 3.8) is 0 Å². The Labute approximate surface area is 178 Å². The summed E-state index contributed by atoms with van der Waals surface area (Å²) in [6, 6.07) is 19.9. The van der Waals surface area contributed by atoms with E-state index in [1.54, 1.807) is 43.3 Å². The van der Waals surface area contributed by atoms with Crippen LogP contribution in [-0.2, 0) is 0 Å². The molecule has 7 heteroatoms. The van der Waals surface area contributed by atoms with E-state index in [1.807, 2.05) is 30.3 Å². The van der Waals surface area contributed by atoms with Gasteiger partial charge in [-0.25, -0.2) is 4.98 Å². The first-order chi connectivity index (χ1) is 15.1. The third kappa shape index (κ3) is 4.06. The number of ether oxygens (including phenoxy) is 1. The Balaban J connectivity index is 1.63. The molecule has 7 nitrogen and oxygen atoms in total. The lowest BCUT2D eigenvalue weighted by atomic mass is 10.1. The van der Waals surface area contributed by atoms with Crippen LogP contribution in [0.15, 0.2) is 71.3 Å². The van der Waals surface area contributed by atoms with E-state index in [-0.39, 0.29) is 11.8 Å². The van der Waals surface area contributed by atoms with Crippen LogP contribution in [0.3, 0.4) is 0 Å². The van der Waals surface area contributed by atoms with Gasteiger partial charge in [0.2, 0.25) is 5.88 Å². The monoisotopic (exact) mass is 413 g/mol. The fraction of sp³-hybridized carbons (Fsp3) is 0.0833. The zero-order valence-electron chi connectivity index (χ0n) is 17.0. The number of aldehydes is 1. The van der Waals surface area contributed by atoms with Crippen molar-refractivity contribution in [2.24, 2.45) is 0 Å². The molecule has 0 fully saturated rings. The number of aromatic nitrogens is 2. The Hall–Kier alpha value is -4.26. The van der Waals surface area contributed by atoms with Crippen molar-refractivity contribution in [1.29, 1.82) is 0 Å². The molecule has 0 saturated carbocycles. The molecule has 154 valence electrons. The quantitative estimate of drug-likeness (QED) is 0.457. The number of methoxy groups -OCH3 is 1. The summed E-state index contributed by atoms with van der Waals surface area (Å²) in [5.41, 5.74) is 4.07. The van der Waals surface area contributed by atoms with Gasteiger partial charge in [-0.1, -0.05) is 59.8 Å². The van der Waals surface area contributed by atoms with E-state index in [9.17, 15) is 9.59 Å². The molecule has 1 N–H and O–H groups in total. The number of amides is 1. The van der Waals surface area contributed by atoms with Gasteiger partial charge in [0.05, 0.1) is 12.8 Å². The normalized spacial score (nSPS) is 10.5. The summed E-state index contributed by atoms with van der Waals surface area (Å²) in [5, 5.41) is 6.89. The molecule has 0 radical (unpaired) electrons. The molecule has 0 spiro atoms. The zero-order chi connectivity index (χ0) is 21.8. The van der Waals surface area contributed by atoms with Crippen molar-refractivity contribution in [1.82, 2.24) is 10.1 Å². The van der Waals surface area contributed by atoms with Crippen LogP contribution in [0.4, 0.5) is 5.69 Å². The largest absolute Gasteiger partial charge is 0.479 e. The zero-order valence-corrected chi connectivity index (χ0v) is 17.0. The summed E-state index contributed by atoms with van der Waals surface area (Å²) in [4.78, 5) is 28.4. The van der Waals surface area contributed by atoms with Gasteiger partial charge in [0.1, 0.15) is 29.0 Å². The Kier molecular flexibility index (Phi) is 5.57. The molecule has 1 amide bonds. The van der Waals surface area contributed by atoms with Gasteiger partial charge in [-0.3, -0.25) is 9.59 Å². The number of anilines is 1. The first-order valence-electron chi connectivity index (χ1n) is 9.54. The van der Waals surface area contributed by atoms with E-state index in [1.165, 1.54) is 7.11 Å². The number of rotatable bonds is 6. The van der Waals surface area contributed by atoms with E-state index in [4.69, 9.17) is 9.26 Å². The van der Waals surface area contributed by atoms with Crippen LogP contribution in [0.25, 0.3) is 22.5 Å². The van der Waals surface area contributed by atoms with Gasteiger partial charge >= 0.3 is 0 Å². The molecule has 0 unspecified atom stereocenters. The van der Waals surface area contributed by atoms with Crippen molar-refractivity contribution in [3.8, 4) is 28.4 Å². The van der Waals surface area contributed by atoms with Crippen molar-refractivity contribution in [3.05, 3.63) is 83.6 Å². The van der Waals surface area contributed by atoms with Crippen molar-refractivity contribution in [2.45, 2.75) is 6.92 Å². The second-order valence-corrected chi connectivity index (χ2v) is 6.78. The number of hydrogen-bond acceptors (Lipinski definition) is 6. The maximum absolute atomic E-state index is 13.1. The molecule has 0 aliphatic carbocycles. The molecular weight excluding hydrogens is 394 g/mol. The van der Waals surface area contributed by atoms with Gasteiger partial charge in [-0.05, 0) is 19.1 Å². The number of pyridine rings is 1. The number of aryl methyl sites for hydroxylation is 1. The smallest absolute Gasteiger partial charge is 0.261 e. The lowest BCUT2D eigenvalue weighted by Gasteiger charge is -2.11. The third-order valence-electron chi connectivity index (χ3n) is 4.78. The summed E-state index contributed by atoms with van der Waals surface area (Å²) in [6.45, 7) is 1.69. The summed E-state index contributed by atoms with van der Waals surface area (Å²) >= 11 is 0. The SMILES string of the molecule is COc1nc(-c2ccc(C=O)cc2)ccc1NC(=O)c1c(-c2ccccc2)noc1C. The van der Waals surface area contributed by atoms with Gasteiger partial charge in [0.15, 0.2) is 0 Å². The molecule has 2 aromatic heterocycles. The summed E-state index contributed by atoms with van der Waals surface area (Å²) in [7, 11) is 1.48. The molecule has 0 bridgehead atoms. The maximum atomic E-state index is 13.1. The van der Waals surface area contributed by atoms with E-state index in [2.05, 4.69) is 15.5 Å². The van der Waals surface area contributed by atoms with Crippen LogP contribution in [0.1, 0.15) is 26.5 Å². The standard InChI is InChI=1S/C24H19N3O4/c1-15-21(22(27-31-15)18-6-4-3-5-7-18)23(29)25-20-13-12-19(26-24(20)30-2)17-10-8-16(14-28)9-11-17/h3-14H,1-2H3,(H,25,29). The molecule has 2 heterocycles. The second-order valence-electron chi connectivity index (χ2n) is 6.78. The molecule has 31 heavy (non-hydrogen) atoms. The first-order valence-corrected chi connectivity index (χ1v) is 9.54. The van der Waals surface area contributed by atoms with Crippen LogP contribution in [0.5, 0.6) is 5.88 Å². The number of carbonyl (C=O) groups is 2. The third-order valence-corrected chi connectivity index (χ3v) is 4.78. The van der Waals surface area contributed by atoms with Gasteiger partial charge in [0, 0.05) is 16.7 Å². The lowest BCUT2D eigenvalue weighted by molar-refractivity contribution is 0.102. The lowest BCUT2D eigenvalue weighted by Crippen LogP contribution is -2.14. The van der Waals surface area contributed by atoms with E-state index >= 15 is 0 Å². The average molecular weight is 413 g/mol. The van der Waals surface area contributed by atoms with Crippen LogP contribution in [0, 0.1) is 6.92 Å². The second kappa shape index (κ2) is 8.62. The highest BCUT2D eigenvalue weighted by atomic mass is 16.5. The van der Waals surface area contributed by atoms with Crippen LogP contribution in [-0.4, -0.2) is 29.4 Å². The van der Waals surface area contributed by atoms with Crippen LogP contribution < -0.4 is 10.1 Å². The van der Waals surface area contributed by atoms with Gasteiger partial charge in [0.25, 0.3) is 5.91 Å². The van der Waals surface area contributed by atoms with Gasteiger partial charge in [-0.2, -0.15) is 0 Å². The highest BCUT2D eigenvalue weighted by Gasteiger charge is 2.23. The number of nitrogens with one attached hydrogen (secondary N) is 1. The number of nitrogens with zero attached hydrogens (tertiary/aromatic N) is 2. The molecule has 0 saturated heterocycles. The Morgan fingerprint density at radius 3 is 2.42 bits per heavy atom. The minimum absolute atomic E-state index is 0.265. The van der Waals surface area contributed by atoms with Crippen LogP contribution in [0.2, 0.25) is 0 Å². The minimum atomic E-state index is -0.374. The Morgan fingerprint density at radius 2 is 1.74 bits per heavy atom. The van der Waals surface area contributed by atoms with Crippen molar-refractivity contribution < 1.29 is 18.8 Å². The van der Waals surface area contributed by atoms with Crippen molar-refractivity contribution >= 4 is 17.9 Å². The fourth-order valence-electron chi connectivity index (χ4n) is 3.20. The van der Waals surface area contributed by atoms with E-state index in [0.717, 1.165) is 17.4 Å². The topological polar surface area (TPSA) is 94.3 Å². The van der Waals surface area contributed by atoms with Crippen molar-refractivity contribution in [2.75, 3.05) is 12.4 Å². The predicted molar refractivity (Wildman–Crippen MR) is 116 cm³/mol. The molecule has 0 aliphatic rings. The Morgan fingerprint density at radius 1 is 1.00 bits per heavy atom. The number of benzene rings is 2. The average Bonchev–Trinajstić information content (AvgIpc) is 3.21. The molecule has 4 aromatic rings. The summed E-state index contributed by atoms with van der Waals surface area (Å²) < 4.78 is 10.7. The minimum Gasteiger partial charge on any atom is -0.479 e. The van der Waals surface area contributed by atoms with Gasteiger partial charge in [-0.15, -0.1) is 0 Å². The number of carbonyl (C=O) groups excluding carboxylic acids is 2. The molecule has 0 atom stereocenters. The predicted octanol–water partition coefficient (Wildman–Crippen LogP) is 4.79. The number of hydrogen-bond donors (Lipinski definition) is 1. The maximum Gasteiger partial charge on any atom is 0.261 e. The Bertz CT molecular complexity index is 1230. The van der Waals surface area contributed by atoms with Gasteiger partial charge < -0.3 is 14.6 Å². The summed E-state index contributed by atoms with van der Waals surface area (Å²) in [5.74, 6) is 0.302. The van der Waals surface area contributed by atoms with Crippen LogP contribution >= 0.6 is 0 Å². The first kappa shape index (κ1) is 20.0.